The highest BCUT2D eigenvalue weighted by atomic mass is 19.1. The van der Waals surface area contributed by atoms with Gasteiger partial charge in [-0.3, -0.25) is 14.3 Å². The van der Waals surface area contributed by atoms with E-state index in [1.807, 2.05) is 11.0 Å². The Morgan fingerprint density at radius 3 is 2.81 bits per heavy atom. The number of unbranched alkanes of at least 4 members (excludes halogenated alkanes) is 1. The Morgan fingerprint density at radius 2 is 2.09 bits per heavy atom. The van der Waals surface area contributed by atoms with Crippen LogP contribution in [0.3, 0.4) is 0 Å². The molecule has 0 bridgehead atoms. The molecule has 1 aromatic heterocycles. The maximum absolute atomic E-state index is 13.6. The van der Waals surface area contributed by atoms with Crippen molar-refractivity contribution in [1.82, 2.24) is 19.9 Å². The maximum Gasteiger partial charge on any atom is 0.303 e. The molecule has 1 aromatic carbocycles. The van der Waals surface area contributed by atoms with Crippen LogP contribution in [0.2, 0.25) is 0 Å². The maximum atomic E-state index is 13.6. The predicted octanol–water partition coefficient (Wildman–Crippen LogP) is 3.55. The van der Waals surface area contributed by atoms with Crippen LogP contribution in [-0.4, -0.2) is 49.0 Å². The van der Waals surface area contributed by atoms with Crippen molar-refractivity contribution in [3.8, 4) is 0 Å². The Bertz CT molecular complexity index is 898. The third-order valence-corrected chi connectivity index (χ3v) is 5.73. The van der Waals surface area contributed by atoms with Gasteiger partial charge in [0.1, 0.15) is 17.6 Å². The molecule has 1 aliphatic carbocycles. The molecule has 1 amide bonds. The second-order valence-corrected chi connectivity index (χ2v) is 8.31. The highest BCUT2D eigenvalue weighted by Crippen LogP contribution is 2.26. The first kappa shape index (κ1) is 23.8. The summed E-state index contributed by atoms with van der Waals surface area (Å²) in [6, 6.07) is 6.50. The topological polar surface area (TPSA) is 97.5 Å². The van der Waals surface area contributed by atoms with Crippen LogP contribution in [0, 0.1) is 5.82 Å². The number of halogens is 1. The molecule has 1 saturated carbocycles. The van der Waals surface area contributed by atoms with Crippen LogP contribution in [0.1, 0.15) is 63.1 Å². The summed E-state index contributed by atoms with van der Waals surface area (Å²) in [7, 11) is 0. The van der Waals surface area contributed by atoms with E-state index in [0.29, 0.717) is 31.6 Å². The lowest BCUT2D eigenvalue weighted by Crippen LogP contribution is -2.44. The molecule has 32 heavy (non-hydrogen) atoms. The third kappa shape index (κ3) is 7.12. The summed E-state index contributed by atoms with van der Waals surface area (Å²) in [5, 5.41) is 16.8. The molecule has 1 N–H and O–H groups in total. The van der Waals surface area contributed by atoms with Crippen molar-refractivity contribution in [3.63, 3.8) is 0 Å². The Labute approximate surface area is 187 Å². The van der Waals surface area contributed by atoms with Gasteiger partial charge in [0.15, 0.2) is 0 Å². The highest BCUT2D eigenvalue weighted by molar-refractivity contribution is 5.81. The van der Waals surface area contributed by atoms with Crippen LogP contribution in [0.15, 0.2) is 30.5 Å². The van der Waals surface area contributed by atoms with Gasteiger partial charge in [0, 0.05) is 25.6 Å². The van der Waals surface area contributed by atoms with Gasteiger partial charge in [-0.05, 0) is 50.3 Å². The number of nitrogens with zero attached hydrogens (tertiary/aromatic N) is 4. The molecule has 1 atom stereocenters. The molecule has 1 aliphatic rings. The number of hydrogen-bond acceptors (Lipinski definition) is 5. The average Bonchev–Trinajstić information content (AvgIpc) is 3.45. The predicted molar refractivity (Wildman–Crippen MR) is 115 cm³/mol. The average molecular weight is 447 g/mol. The number of carboxylic acids is 1. The number of carboxylic acid groups (broad SMARTS) is 1. The number of carbonyl (C=O) groups is 2. The molecule has 0 saturated heterocycles. The largest absolute Gasteiger partial charge is 0.481 e. The summed E-state index contributed by atoms with van der Waals surface area (Å²) in [5.41, 5.74) is 1.38. The van der Waals surface area contributed by atoms with Crippen LogP contribution in [0.4, 0.5) is 4.39 Å². The molecule has 0 aliphatic heterocycles. The number of carbonyl (C=O) groups excluding carboxylic acids is 1. The van der Waals surface area contributed by atoms with E-state index in [0.717, 1.165) is 31.2 Å². The first-order valence-electron chi connectivity index (χ1n) is 11.2. The molecule has 0 radical (unpaired) electrons. The van der Waals surface area contributed by atoms with Gasteiger partial charge in [-0.1, -0.05) is 30.2 Å². The number of hydrogen-bond donors (Lipinski definition) is 1. The number of aliphatic carboxylic acids is 1. The fourth-order valence-electron chi connectivity index (χ4n) is 4.01. The first-order chi connectivity index (χ1) is 15.4. The Morgan fingerprint density at radius 1 is 1.31 bits per heavy atom. The van der Waals surface area contributed by atoms with Crippen molar-refractivity contribution in [2.24, 2.45) is 0 Å². The molecule has 2 aromatic rings. The summed E-state index contributed by atoms with van der Waals surface area (Å²) in [6.45, 7) is 2.83. The van der Waals surface area contributed by atoms with E-state index in [4.69, 9.17) is 9.84 Å². The quantitative estimate of drug-likeness (QED) is 0.501. The van der Waals surface area contributed by atoms with Crippen LogP contribution < -0.4 is 0 Å². The van der Waals surface area contributed by atoms with Crippen molar-refractivity contribution < 1.29 is 23.8 Å². The van der Waals surface area contributed by atoms with E-state index in [1.165, 1.54) is 12.1 Å². The van der Waals surface area contributed by atoms with Crippen LogP contribution in [0.25, 0.3) is 0 Å². The van der Waals surface area contributed by atoms with E-state index in [2.05, 4.69) is 10.3 Å². The molecule has 9 heteroatoms. The number of ether oxygens (including phenoxy) is 1. The number of aromatic nitrogens is 3. The van der Waals surface area contributed by atoms with E-state index in [-0.39, 0.29) is 30.8 Å². The Kier molecular flexibility index (Phi) is 8.72. The summed E-state index contributed by atoms with van der Waals surface area (Å²) in [4.78, 5) is 25.6. The van der Waals surface area contributed by atoms with Crippen molar-refractivity contribution in [2.75, 3.05) is 0 Å². The Hall–Kier alpha value is -2.81. The van der Waals surface area contributed by atoms with Gasteiger partial charge >= 0.3 is 5.97 Å². The van der Waals surface area contributed by atoms with E-state index < -0.39 is 12.1 Å². The van der Waals surface area contributed by atoms with Crippen molar-refractivity contribution in [3.05, 3.63) is 47.5 Å². The second kappa shape index (κ2) is 11.7. The van der Waals surface area contributed by atoms with Crippen molar-refractivity contribution in [1.29, 1.82) is 0 Å². The van der Waals surface area contributed by atoms with Crippen molar-refractivity contribution >= 4 is 11.9 Å². The fourth-order valence-corrected chi connectivity index (χ4v) is 4.01. The zero-order chi connectivity index (χ0) is 22.9. The zero-order valence-electron chi connectivity index (χ0n) is 18.5. The van der Waals surface area contributed by atoms with Crippen molar-refractivity contribution in [2.45, 2.75) is 83.7 Å². The summed E-state index contributed by atoms with van der Waals surface area (Å²) in [5.74, 6) is -1.22. The normalized spacial score (nSPS) is 15.1. The van der Waals surface area contributed by atoms with Gasteiger partial charge in [0.25, 0.3) is 5.91 Å². The van der Waals surface area contributed by atoms with Crippen LogP contribution in [0.5, 0.6) is 0 Å². The van der Waals surface area contributed by atoms with E-state index in [9.17, 15) is 14.0 Å². The van der Waals surface area contributed by atoms with Gasteiger partial charge < -0.3 is 14.7 Å². The summed E-state index contributed by atoms with van der Waals surface area (Å²) < 4.78 is 21.1. The van der Waals surface area contributed by atoms with E-state index in [1.54, 1.807) is 23.9 Å². The first-order valence-corrected chi connectivity index (χ1v) is 11.2. The number of rotatable bonds is 12. The molecular weight excluding hydrogens is 415 g/mol. The lowest BCUT2D eigenvalue weighted by molar-refractivity contribution is -0.146. The molecule has 1 unspecified atom stereocenters. The van der Waals surface area contributed by atoms with Crippen LogP contribution >= 0.6 is 0 Å². The van der Waals surface area contributed by atoms with Gasteiger partial charge in [-0.15, -0.1) is 5.10 Å². The van der Waals surface area contributed by atoms with Gasteiger partial charge in [-0.2, -0.15) is 0 Å². The Balaban J connectivity index is 1.53. The molecule has 0 spiro atoms. The molecular formula is C23H31FN4O4. The number of aryl methyl sites for hydroxylation is 1. The standard InChI is InChI=1S/C23H31FN4O4/c1-17(32-16-20-15-27(26-25-20)12-5-4-11-22(29)30)23(31)28(21-9-2-3-10-21)14-18-7-6-8-19(24)13-18/h6-8,13,15,17,21H,2-5,9-12,14,16H2,1H3,(H,29,30). The zero-order valence-corrected chi connectivity index (χ0v) is 18.5. The summed E-state index contributed by atoms with van der Waals surface area (Å²) in [6.07, 6.45) is 6.57. The minimum absolute atomic E-state index is 0.109. The number of amides is 1. The molecule has 174 valence electrons. The van der Waals surface area contributed by atoms with Gasteiger partial charge in [0.2, 0.25) is 0 Å². The molecule has 1 heterocycles. The van der Waals surface area contributed by atoms with Crippen LogP contribution in [-0.2, 0) is 34.0 Å². The highest BCUT2D eigenvalue weighted by Gasteiger charge is 2.30. The lowest BCUT2D eigenvalue weighted by atomic mass is 10.1. The number of benzene rings is 1. The monoisotopic (exact) mass is 446 g/mol. The minimum atomic E-state index is -0.805. The van der Waals surface area contributed by atoms with E-state index >= 15 is 0 Å². The molecule has 3 rings (SSSR count). The van der Waals surface area contributed by atoms with Gasteiger partial charge in [0.05, 0.1) is 12.8 Å². The summed E-state index contributed by atoms with van der Waals surface area (Å²) >= 11 is 0. The lowest BCUT2D eigenvalue weighted by Gasteiger charge is -2.31. The molecule has 8 nitrogen and oxygen atoms in total. The van der Waals surface area contributed by atoms with Gasteiger partial charge in [-0.25, -0.2) is 4.39 Å². The molecule has 1 fully saturated rings. The fraction of sp³-hybridized carbons (Fsp3) is 0.565. The second-order valence-electron chi connectivity index (χ2n) is 8.31. The third-order valence-electron chi connectivity index (χ3n) is 5.73. The smallest absolute Gasteiger partial charge is 0.303 e. The minimum Gasteiger partial charge on any atom is -0.481 e. The SMILES string of the molecule is CC(OCc1cn(CCCCC(=O)O)nn1)C(=O)N(Cc1cccc(F)c1)C1CCCC1.